The summed E-state index contributed by atoms with van der Waals surface area (Å²) in [5.41, 5.74) is 2.12. The van der Waals surface area contributed by atoms with Crippen molar-refractivity contribution in [2.45, 2.75) is 18.9 Å². The number of nitrogens with zero attached hydrogens (tertiary/aromatic N) is 2. The van der Waals surface area contributed by atoms with E-state index in [9.17, 15) is 9.59 Å². The van der Waals surface area contributed by atoms with E-state index in [2.05, 4.69) is 20.6 Å². The van der Waals surface area contributed by atoms with Crippen LogP contribution in [0.5, 0.6) is 0 Å². The van der Waals surface area contributed by atoms with Gasteiger partial charge in [0.05, 0.1) is 13.2 Å². The molecular formula is C22H22N4O3. The number of aromatic nitrogens is 2. The second-order valence-electron chi connectivity index (χ2n) is 6.33. The zero-order valence-corrected chi connectivity index (χ0v) is 16.0. The van der Waals surface area contributed by atoms with Crippen LogP contribution in [0.3, 0.4) is 0 Å². The molecular weight excluding hydrogens is 368 g/mol. The van der Waals surface area contributed by atoms with Gasteiger partial charge in [-0.3, -0.25) is 9.59 Å². The van der Waals surface area contributed by atoms with E-state index in [1.165, 1.54) is 7.11 Å². The molecule has 7 heteroatoms. The highest BCUT2D eigenvalue weighted by molar-refractivity contribution is 5.95. The number of carbonyl (C=O) groups excluding carboxylic acids is 2. The van der Waals surface area contributed by atoms with Gasteiger partial charge in [-0.1, -0.05) is 36.4 Å². The summed E-state index contributed by atoms with van der Waals surface area (Å²) in [5, 5.41) is 6.08. The minimum atomic E-state index is -0.311. The van der Waals surface area contributed by atoms with Crippen molar-refractivity contribution in [3.05, 3.63) is 84.2 Å². The van der Waals surface area contributed by atoms with Crippen LogP contribution in [-0.2, 0) is 9.53 Å². The van der Waals surface area contributed by atoms with Crippen molar-refractivity contribution in [2.24, 2.45) is 0 Å². The van der Waals surface area contributed by atoms with Crippen LogP contribution < -0.4 is 10.6 Å². The molecule has 3 rings (SSSR count). The van der Waals surface area contributed by atoms with E-state index in [0.29, 0.717) is 23.6 Å². The Morgan fingerprint density at radius 2 is 1.76 bits per heavy atom. The van der Waals surface area contributed by atoms with Gasteiger partial charge in [-0.15, -0.1) is 0 Å². The van der Waals surface area contributed by atoms with Crippen LogP contribution in [0.25, 0.3) is 0 Å². The third-order valence-electron chi connectivity index (χ3n) is 4.32. The van der Waals surface area contributed by atoms with E-state index in [0.717, 1.165) is 5.56 Å². The van der Waals surface area contributed by atoms with E-state index in [1.807, 2.05) is 36.4 Å². The molecule has 0 bridgehead atoms. The Morgan fingerprint density at radius 1 is 1.00 bits per heavy atom. The Morgan fingerprint density at radius 3 is 2.48 bits per heavy atom. The van der Waals surface area contributed by atoms with Gasteiger partial charge < -0.3 is 15.4 Å². The highest BCUT2D eigenvalue weighted by Gasteiger charge is 2.17. The number of hydrogen-bond acceptors (Lipinski definition) is 6. The molecule has 1 unspecified atom stereocenters. The van der Waals surface area contributed by atoms with E-state index >= 15 is 0 Å². The van der Waals surface area contributed by atoms with Gasteiger partial charge in [0.2, 0.25) is 5.95 Å². The highest BCUT2D eigenvalue weighted by atomic mass is 16.5. The summed E-state index contributed by atoms with van der Waals surface area (Å²) < 4.78 is 4.73. The number of nitrogens with one attached hydrogen (secondary N) is 2. The summed E-state index contributed by atoms with van der Waals surface area (Å²) in [7, 11) is 1.35. The molecule has 0 saturated carbocycles. The molecule has 0 aliphatic rings. The van der Waals surface area contributed by atoms with E-state index in [4.69, 9.17) is 4.74 Å². The van der Waals surface area contributed by atoms with Crippen LogP contribution >= 0.6 is 0 Å². The van der Waals surface area contributed by atoms with Crippen molar-refractivity contribution in [2.75, 3.05) is 12.4 Å². The monoisotopic (exact) mass is 390 g/mol. The first-order chi connectivity index (χ1) is 14.2. The number of benzene rings is 2. The van der Waals surface area contributed by atoms with Crippen molar-refractivity contribution in [1.29, 1.82) is 0 Å². The first-order valence-electron chi connectivity index (χ1n) is 9.22. The number of rotatable bonds is 8. The Bertz CT molecular complexity index is 949. The molecule has 0 aliphatic carbocycles. The maximum atomic E-state index is 12.9. The first kappa shape index (κ1) is 20.0. The first-order valence-corrected chi connectivity index (χ1v) is 9.22. The number of methoxy groups -OCH3 is 1. The minimum Gasteiger partial charge on any atom is -0.469 e. The molecule has 2 aromatic carbocycles. The second-order valence-corrected chi connectivity index (χ2v) is 6.33. The average molecular weight is 390 g/mol. The summed E-state index contributed by atoms with van der Waals surface area (Å²) in [4.78, 5) is 32.7. The molecule has 3 aromatic rings. The lowest BCUT2D eigenvalue weighted by Gasteiger charge is -2.19. The number of amides is 1. The Labute approximate surface area is 169 Å². The van der Waals surface area contributed by atoms with E-state index in [1.54, 1.807) is 36.7 Å². The average Bonchev–Trinajstić information content (AvgIpc) is 2.77. The van der Waals surface area contributed by atoms with Crippen molar-refractivity contribution in [1.82, 2.24) is 15.3 Å². The molecule has 1 atom stereocenters. The lowest BCUT2D eigenvalue weighted by Crippen LogP contribution is -2.29. The van der Waals surface area contributed by atoms with Gasteiger partial charge in [0, 0.05) is 30.1 Å². The molecule has 0 fully saturated rings. The SMILES string of the molecule is COC(=O)CCC(NC(=O)c1cccc(Nc2ncccn2)c1)c1ccccc1. The standard InChI is InChI=1S/C22H22N4O3/c1-29-20(27)12-11-19(16-7-3-2-4-8-16)26-21(28)17-9-5-10-18(15-17)25-22-23-13-6-14-24-22/h2-10,13-15,19H,11-12H2,1H3,(H,26,28)(H,23,24,25). The predicted molar refractivity (Wildman–Crippen MR) is 110 cm³/mol. The quantitative estimate of drug-likeness (QED) is 0.571. The number of carbonyl (C=O) groups is 2. The summed E-state index contributed by atoms with van der Waals surface area (Å²) in [6.45, 7) is 0. The van der Waals surface area contributed by atoms with Gasteiger partial charge in [0.1, 0.15) is 0 Å². The zero-order chi connectivity index (χ0) is 20.5. The predicted octanol–water partition coefficient (Wildman–Crippen LogP) is 3.64. The Balaban J connectivity index is 1.73. The minimum absolute atomic E-state index is 0.212. The van der Waals surface area contributed by atoms with Gasteiger partial charge in [-0.2, -0.15) is 0 Å². The molecule has 1 aromatic heterocycles. The fraction of sp³-hybridized carbons (Fsp3) is 0.182. The van der Waals surface area contributed by atoms with Crippen LogP contribution in [-0.4, -0.2) is 29.0 Å². The molecule has 0 spiro atoms. The van der Waals surface area contributed by atoms with E-state index in [-0.39, 0.29) is 24.3 Å². The number of anilines is 2. The normalized spacial score (nSPS) is 11.3. The van der Waals surface area contributed by atoms with E-state index < -0.39 is 0 Å². The third kappa shape index (κ3) is 5.87. The largest absolute Gasteiger partial charge is 0.469 e. The molecule has 1 heterocycles. The van der Waals surface area contributed by atoms with Crippen LogP contribution in [0.15, 0.2) is 73.1 Å². The third-order valence-corrected chi connectivity index (χ3v) is 4.32. The summed E-state index contributed by atoms with van der Waals surface area (Å²) in [6.07, 6.45) is 3.93. The zero-order valence-electron chi connectivity index (χ0n) is 16.0. The molecule has 0 saturated heterocycles. The smallest absolute Gasteiger partial charge is 0.305 e. The van der Waals surface area contributed by atoms with Gasteiger partial charge in [-0.05, 0) is 36.2 Å². The molecule has 0 aliphatic heterocycles. The topological polar surface area (TPSA) is 93.2 Å². The molecule has 0 radical (unpaired) electrons. The van der Waals surface area contributed by atoms with Gasteiger partial charge in [0.15, 0.2) is 0 Å². The maximum absolute atomic E-state index is 12.9. The van der Waals surface area contributed by atoms with Crippen LogP contribution in [0.2, 0.25) is 0 Å². The Hall–Kier alpha value is -3.74. The van der Waals surface area contributed by atoms with Gasteiger partial charge >= 0.3 is 5.97 Å². The Kier molecular flexibility index (Phi) is 6.89. The summed E-state index contributed by atoms with van der Waals surface area (Å²) >= 11 is 0. The molecule has 148 valence electrons. The lowest BCUT2D eigenvalue weighted by atomic mass is 10.0. The lowest BCUT2D eigenvalue weighted by molar-refractivity contribution is -0.140. The molecule has 7 nitrogen and oxygen atoms in total. The van der Waals surface area contributed by atoms with Crippen molar-refractivity contribution in [3.8, 4) is 0 Å². The number of esters is 1. The molecule has 2 N–H and O–H groups in total. The van der Waals surface area contributed by atoms with Crippen molar-refractivity contribution < 1.29 is 14.3 Å². The maximum Gasteiger partial charge on any atom is 0.305 e. The summed E-state index contributed by atoms with van der Waals surface area (Å²) in [6, 6.07) is 18.1. The van der Waals surface area contributed by atoms with Crippen LogP contribution in [0, 0.1) is 0 Å². The number of ether oxygens (including phenoxy) is 1. The fourth-order valence-corrected chi connectivity index (χ4v) is 2.84. The van der Waals surface area contributed by atoms with Crippen LogP contribution in [0.4, 0.5) is 11.6 Å². The van der Waals surface area contributed by atoms with Crippen molar-refractivity contribution in [3.63, 3.8) is 0 Å². The van der Waals surface area contributed by atoms with Crippen molar-refractivity contribution >= 4 is 23.5 Å². The highest BCUT2D eigenvalue weighted by Crippen LogP contribution is 2.20. The van der Waals surface area contributed by atoms with Gasteiger partial charge in [0.25, 0.3) is 5.91 Å². The summed E-state index contributed by atoms with van der Waals surface area (Å²) in [5.74, 6) is -0.0964. The second kappa shape index (κ2) is 9.98. The number of hydrogen-bond donors (Lipinski definition) is 2. The van der Waals surface area contributed by atoms with Crippen LogP contribution in [0.1, 0.15) is 34.8 Å². The fourth-order valence-electron chi connectivity index (χ4n) is 2.84. The van der Waals surface area contributed by atoms with Gasteiger partial charge in [-0.25, -0.2) is 9.97 Å². The molecule has 1 amide bonds. The molecule has 29 heavy (non-hydrogen) atoms.